The Morgan fingerprint density at radius 2 is 1.90 bits per heavy atom. The third-order valence-electron chi connectivity index (χ3n) is 9.40. The van der Waals surface area contributed by atoms with Gasteiger partial charge in [-0.2, -0.15) is 13.9 Å². The number of anilines is 1. The van der Waals surface area contributed by atoms with E-state index in [1.54, 1.807) is 7.11 Å². The van der Waals surface area contributed by atoms with E-state index in [0.717, 1.165) is 87.4 Å². The van der Waals surface area contributed by atoms with Crippen LogP contribution >= 0.6 is 0 Å². The largest absolute Gasteiger partial charge is 0.377 e. The molecule has 0 aromatic carbocycles. The van der Waals surface area contributed by atoms with Crippen molar-refractivity contribution in [2.45, 2.75) is 50.9 Å². The van der Waals surface area contributed by atoms with Crippen molar-refractivity contribution >= 4 is 22.8 Å². The van der Waals surface area contributed by atoms with Gasteiger partial charge in [-0.1, -0.05) is 6.08 Å². The molecule has 222 valence electrons. The molecular formula is C30H40F2N6O3. The lowest BCUT2D eigenvalue weighted by molar-refractivity contribution is -0.146. The summed E-state index contributed by atoms with van der Waals surface area (Å²) in [6.07, 6.45) is 11.9. The highest BCUT2D eigenvalue weighted by Crippen LogP contribution is 2.37. The Labute approximate surface area is 239 Å². The van der Waals surface area contributed by atoms with Gasteiger partial charge in [0.2, 0.25) is 5.91 Å². The molecule has 1 unspecified atom stereocenters. The average Bonchev–Trinajstić information content (AvgIpc) is 3.77. The average molecular weight is 571 g/mol. The molecule has 6 rings (SSSR count). The quantitative estimate of drug-likeness (QED) is 0.460. The van der Waals surface area contributed by atoms with Crippen LogP contribution in [0.15, 0.2) is 41.7 Å². The number of piperazine rings is 1. The summed E-state index contributed by atoms with van der Waals surface area (Å²) in [5.41, 5.74) is 3.79. The Bertz CT molecular complexity index is 1290. The Balaban J connectivity index is 1.10. The second kappa shape index (κ2) is 11.8. The van der Waals surface area contributed by atoms with Gasteiger partial charge in [0.15, 0.2) is 0 Å². The zero-order valence-electron chi connectivity index (χ0n) is 23.9. The van der Waals surface area contributed by atoms with Gasteiger partial charge in [-0.25, -0.2) is 4.52 Å². The van der Waals surface area contributed by atoms with Crippen LogP contribution in [0.4, 0.5) is 14.5 Å². The second-order valence-corrected chi connectivity index (χ2v) is 11.8. The number of methoxy groups -OCH3 is 1. The predicted octanol–water partition coefficient (Wildman–Crippen LogP) is 3.48. The third kappa shape index (κ3) is 5.89. The van der Waals surface area contributed by atoms with E-state index in [9.17, 15) is 13.6 Å². The maximum atomic E-state index is 12.5. The number of likely N-dealkylation sites (tertiary alicyclic amines) is 1. The number of nitrogens with zero attached hydrogens (tertiary/aromatic N) is 6. The molecule has 2 saturated heterocycles. The molecule has 9 nitrogen and oxygen atoms in total. The van der Waals surface area contributed by atoms with E-state index in [-0.39, 0.29) is 30.1 Å². The fourth-order valence-electron chi connectivity index (χ4n) is 6.60. The van der Waals surface area contributed by atoms with Crippen LogP contribution in [0.5, 0.6) is 0 Å². The standard InChI is InChI=1S/C30H40F2N6O3/c1-21(20-41-29(31)32)35-11-8-30(40-2,9-12-35)24-5-6-25(33-18-24)23-17-27-26(7-10-34-38(27)19-23)36-13-15-37(16-14-36)28(39)22-3-4-22/h5-7,10,17,19,21-22,24,29H,3-4,8-9,11-16,18,20H2,1-2H3/t21-,24?/m0/s1. The number of rotatable bonds is 9. The van der Waals surface area contributed by atoms with Gasteiger partial charge in [0, 0.05) is 88.8 Å². The lowest BCUT2D eigenvalue weighted by atomic mass is 9.77. The van der Waals surface area contributed by atoms with Crippen LogP contribution in [0.2, 0.25) is 0 Å². The lowest BCUT2D eigenvalue weighted by Gasteiger charge is -2.46. The summed E-state index contributed by atoms with van der Waals surface area (Å²) in [6.45, 7) is 4.53. The number of ether oxygens (including phenoxy) is 2. The maximum Gasteiger partial charge on any atom is 0.345 e. The minimum Gasteiger partial charge on any atom is -0.377 e. The summed E-state index contributed by atoms with van der Waals surface area (Å²) in [5.74, 6) is 0.734. The number of amides is 1. The normalized spacial score (nSPS) is 24.2. The third-order valence-corrected chi connectivity index (χ3v) is 9.40. The number of carbonyl (C=O) groups is 1. The van der Waals surface area contributed by atoms with E-state index < -0.39 is 6.61 Å². The first-order valence-electron chi connectivity index (χ1n) is 14.8. The molecule has 0 bridgehead atoms. The number of carbonyl (C=O) groups excluding carboxylic acids is 1. The van der Waals surface area contributed by atoms with Gasteiger partial charge in [-0.15, -0.1) is 0 Å². The SMILES string of the molecule is COC1(C2C=CC(c3cc4c(N5CCN(C(=O)C6CC6)CC5)ccnn4c3)=NC2)CCN([C@@H](C)COC(F)F)CC1. The fourth-order valence-corrected chi connectivity index (χ4v) is 6.60. The number of fused-ring (bicyclic) bond motifs is 1. The summed E-state index contributed by atoms with van der Waals surface area (Å²) in [5, 5.41) is 4.55. The van der Waals surface area contributed by atoms with Crippen molar-refractivity contribution in [1.82, 2.24) is 19.4 Å². The molecular weight excluding hydrogens is 530 g/mol. The highest BCUT2D eigenvalue weighted by molar-refractivity contribution is 6.10. The zero-order chi connectivity index (χ0) is 28.6. The molecule has 2 aromatic heterocycles. The number of allylic oxidation sites excluding steroid dienone is 1. The molecule has 2 atom stereocenters. The lowest BCUT2D eigenvalue weighted by Crippen LogP contribution is -2.53. The van der Waals surface area contributed by atoms with Crippen molar-refractivity contribution < 1.29 is 23.0 Å². The molecule has 1 amide bonds. The predicted molar refractivity (Wildman–Crippen MR) is 153 cm³/mol. The van der Waals surface area contributed by atoms with Gasteiger partial charge in [0.25, 0.3) is 0 Å². The van der Waals surface area contributed by atoms with Crippen LogP contribution in [-0.2, 0) is 14.3 Å². The van der Waals surface area contributed by atoms with Crippen LogP contribution in [-0.4, -0.2) is 109 Å². The number of hydrogen-bond donors (Lipinski definition) is 0. The monoisotopic (exact) mass is 570 g/mol. The second-order valence-electron chi connectivity index (χ2n) is 11.8. The number of hydrogen-bond acceptors (Lipinski definition) is 7. The van der Waals surface area contributed by atoms with E-state index >= 15 is 0 Å². The fraction of sp³-hybridized carbons (Fsp3) is 0.633. The smallest absolute Gasteiger partial charge is 0.345 e. The molecule has 3 fully saturated rings. The summed E-state index contributed by atoms with van der Waals surface area (Å²) < 4.78 is 37.5. The Morgan fingerprint density at radius 3 is 2.54 bits per heavy atom. The summed E-state index contributed by atoms with van der Waals surface area (Å²) >= 11 is 0. The first-order chi connectivity index (χ1) is 19.9. The van der Waals surface area contributed by atoms with Gasteiger partial charge >= 0.3 is 6.61 Å². The van der Waals surface area contributed by atoms with Gasteiger partial charge in [0.1, 0.15) is 0 Å². The highest BCUT2D eigenvalue weighted by Gasteiger charge is 2.42. The van der Waals surface area contributed by atoms with Crippen molar-refractivity contribution in [2.24, 2.45) is 16.8 Å². The van der Waals surface area contributed by atoms with E-state index in [1.807, 2.05) is 28.7 Å². The Morgan fingerprint density at radius 1 is 1.15 bits per heavy atom. The minimum atomic E-state index is -2.74. The highest BCUT2D eigenvalue weighted by atomic mass is 19.3. The molecule has 1 aliphatic carbocycles. The molecule has 41 heavy (non-hydrogen) atoms. The molecule has 0 spiro atoms. The first kappa shape index (κ1) is 28.2. The first-order valence-corrected chi connectivity index (χ1v) is 14.8. The number of aliphatic imine (C=N–C) groups is 1. The Kier molecular flexibility index (Phi) is 8.11. The van der Waals surface area contributed by atoms with Crippen molar-refractivity contribution in [3.63, 3.8) is 0 Å². The summed E-state index contributed by atoms with van der Waals surface area (Å²) in [7, 11) is 1.77. The van der Waals surface area contributed by atoms with Crippen LogP contribution in [0.3, 0.4) is 0 Å². The van der Waals surface area contributed by atoms with E-state index in [0.29, 0.717) is 12.5 Å². The van der Waals surface area contributed by atoms with Crippen LogP contribution in [0.1, 0.15) is 38.2 Å². The maximum absolute atomic E-state index is 12.5. The topological polar surface area (TPSA) is 74.9 Å². The van der Waals surface area contributed by atoms with E-state index in [4.69, 9.17) is 9.73 Å². The van der Waals surface area contributed by atoms with E-state index in [2.05, 4.69) is 43.9 Å². The van der Waals surface area contributed by atoms with Crippen LogP contribution in [0, 0.1) is 11.8 Å². The van der Waals surface area contributed by atoms with Crippen molar-refractivity contribution in [2.75, 3.05) is 64.4 Å². The van der Waals surface area contributed by atoms with Crippen LogP contribution in [0.25, 0.3) is 5.52 Å². The zero-order valence-corrected chi connectivity index (χ0v) is 23.9. The molecule has 4 aliphatic rings. The molecule has 5 heterocycles. The number of halogens is 2. The molecule has 2 aromatic rings. The number of aromatic nitrogens is 2. The molecule has 11 heteroatoms. The van der Waals surface area contributed by atoms with Gasteiger partial charge in [-0.05, 0) is 50.8 Å². The minimum absolute atomic E-state index is 0.0213. The number of piperidine rings is 1. The van der Waals surface area contributed by atoms with Gasteiger partial charge < -0.3 is 19.3 Å². The van der Waals surface area contributed by atoms with Crippen molar-refractivity contribution in [1.29, 1.82) is 0 Å². The Hall–Kier alpha value is -2.89. The van der Waals surface area contributed by atoms with E-state index in [1.165, 1.54) is 0 Å². The van der Waals surface area contributed by atoms with Gasteiger partial charge in [-0.3, -0.25) is 14.7 Å². The van der Waals surface area contributed by atoms with Crippen LogP contribution < -0.4 is 4.90 Å². The molecule has 0 N–H and O–H groups in total. The summed E-state index contributed by atoms with van der Waals surface area (Å²) in [4.78, 5) is 24.0. The van der Waals surface area contributed by atoms with Crippen molar-refractivity contribution in [3.05, 3.63) is 42.2 Å². The van der Waals surface area contributed by atoms with Gasteiger partial charge in [0.05, 0.1) is 29.1 Å². The number of alkyl halides is 2. The molecule has 3 aliphatic heterocycles. The summed E-state index contributed by atoms with van der Waals surface area (Å²) in [6, 6.07) is 4.14. The molecule has 1 saturated carbocycles. The van der Waals surface area contributed by atoms with Crippen molar-refractivity contribution in [3.8, 4) is 0 Å². The number of dihydropyridines is 1. The molecule has 0 radical (unpaired) electrons.